The van der Waals surface area contributed by atoms with Gasteiger partial charge in [-0.25, -0.2) is 0 Å². The van der Waals surface area contributed by atoms with Crippen LogP contribution in [-0.2, 0) is 0 Å². The lowest BCUT2D eigenvalue weighted by Gasteiger charge is -2.32. The molecule has 0 aromatic heterocycles. The number of hydrogen-bond acceptors (Lipinski definition) is 3. The van der Waals surface area contributed by atoms with Gasteiger partial charge in [0.2, 0.25) is 0 Å². The third-order valence-corrected chi connectivity index (χ3v) is 3.58. The average Bonchev–Trinajstić information content (AvgIpc) is 3.09. The molecule has 0 aromatic carbocycles. The molecule has 3 heteroatoms. The molecule has 1 aliphatic rings. The van der Waals surface area contributed by atoms with Gasteiger partial charge in [0.05, 0.1) is 6.07 Å². The van der Waals surface area contributed by atoms with Crippen LogP contribution in [0.3, 0.4) is 0 Å². The van der Waals surface area contributed by atoms with Gasteiger partial charge in [-0.2, -0.15) is 5.26 Å². The molecule has 0 saturated heterocycles. The van der Waals surface area contributed by atoms with Crippen LogP contribution in [0.1, 0.15) is 40.0 Å². The number of nitrogens with one attached hydrogen (secondary N) is 1. The molecule has 92 valence electrons. The van der Waals surface area contributed by atoms with Crippen LogP contribution in [0, 0.1) is 17.2 Å². The van der Waals surface area contributed by atoms with E-state index in [9.17, 15) is 5.26 Å². The summed E-state index contributed by atoms with van der Waals surface area (Å²) in [6.07, 6.45) is 3.79. The molecule has 1 rings (SSSR count). The van der Waals surface area contributed by atoms with Crippen LogP contribution in [0.4, 0.5) is 0 Å². The van der Waals surface area contributed by atoms with Gasteiger partial charge in [-0.15, -0.1) is 0 Å². The van der Waals surface area contributed by atoms with Gasteiger partial charge in [-0.3, -0.25) is 5.32 Å². The van der Waals surface area contributed by atoms with E-state index >= 15 is 0 Å². The topological polar surface area (TPSA) is 39.1 Å². The second-order valence-corrected chi connectivity index (χ2v) is 5.36. The van der Waals surface area contributed by atoms with E-state index in [2.05, 4.69) is 37.2 Å². The molecule has 1 saturated carbocycles. The zero-order chi connectivity index (χ0) is 12.2. The number of likely N-dealkylation sites (N-methyl/N-ethyl adjacent to an activating group) is 1. The Bertz CT molecular complexity index is 254. The van der Waals surface area contributed by atoms with E-state index in [1.54, 1.807) is 0 Å². The summed E-state index contributed by atoms with van der Waals surface area (Å²) in [6, 6.07) is 3.01. The highest BCUT2D eigenvalue weighted by atomic mass is 15.2. The largest absolute Gasteiger partial charge is 0.301 e. The second kappa shape index (κ2) is 5.65. The van der Waals surface area contributed by atoms with Gasteiger partial charge in [-0.05, 0) is 52.6 Å². The zero-order valence-corrected chi connectivity index (χ0v) is 11.1. The molecular weight excluding hydrogens is 198 g/mol. The Kier molecular flexibility index (Phi) is 4.76. The smallest absolute Gasteiger partial charge is 0.116 e. The minimum Gasteiger partial charge on any atom is -0.301 e. The summed E-state index contributed by atoms with van der Waals surface area (Å²) < 4.78 is 0. The molecule has 0 heterocycles. The monoisotopic (exact) mass is 223 g/mol. The van der Waals surface area contributed by atoms with Crippen molar-refractivity contribution in [2.24, 2.45) is 5.92 Å². The van der Waals surface area contributed by atoms with Crippen molar-refractivity contribution in [2.45, 2.75) is 51.6 Å². The van der Waals surface area contributed by atoms with Gasteiger partial charge < -0.3 is 4.90 Å². The normalized spacial score (nSPS) is 21.5. The lowest BCUT2D eigenvalue weighted by atomic mass is 10.0. The third-order valence-electron chi connectivity index (χ3n) is 3.58. The molecule has 2 atom stereocenters. The van der Waals surface area contributed by atoms with E-state index in [4.69, 9.17) is 0 Å². The summed E-state index contributed by atoms with van der Waals surface area (Å²) in [4.78, 5) is 2.32. The van der Waals surface area contributed by atoms with Crippen molar-refractivity contribution in [1.82, 2.24) is 10.2 Å². The van der Waals surface area contributed by atoms with Crippen LogP contribution in [-0.4, -0.2) is 36.6 Å². The lowest BCUT2D eigenvalue weighted by Crippen LogP contribution is -2.51. The van der Waals surface area contributed by atoms with E-state index < -0.39 is 5.54 Å². The Hall–Kier alpha value is -0.590. The van der Waals surface area contributed by atoms with Crippen molar-refractivity contribution in [1.29, 1.82) is 5.26 Å². The van der Waals surface area contributed by atoms with Crippen molar-refractivity contribution in [3.63, 3.8) is 0 Å². The van der Waals surface area contributed by atoms with Gasteiger partial charge in [0, 0.05) is 12.6 Å². The van der Waals surface area contributed by atoms with Gasteiger partial charge in [-0.1, -0.05) is 6.92 Å². The molecule has 0 aromatic rings. The fourth-order valence-electron chi connectivity index (χ4n) is 2.11. The molecule has 1 N–H and O–H groups in total. The molecule has 0 spiro atoms. The zero-order valence-electron chi connectivity index (χ0n) is 11.1. The summed E-state index contributed by atoms with van der Waals surface area (Å²) in [5.41, 5.74) is -0.409. The highest BCUT2D eigenvalue weighted by molar-refractivity contribution is 5.06. The van der Waals surface area contributed by atoms with E-state index in [1.807, 2.05) is 6.92 Å². The Morgan fingerprint density at radius 1 is 1.56 bits per heavy atom. The first-order valence-corrected chi connectivity index (χ1v) is 6.39. The van der Waals surface area contributed by atoms with E-state index in [0.717, 1.165) is 25.4 Å². The first-order valence-electron chi connectivity index (χ1n) is 6.39. The molecule has 0 aliphatic heterocycles. The fraction of sp³-hybridized carbons (Fsp3) is 0.923. The number of hydrogen-bond donors (Lipinski definition) is 1. The number of nitriles is 1. The predicted molar refractivity (Wildman–Crippen MR) is 67.1 cm³/mol. The Morgan fingerprint density at radius 2 is 2.19 bits per heavy atom. The van der Waals surface area contributed by atoms with Crippen LogP contribution >= 0.6 is 0 Å². The van der Waals surface area contributed by atoms with E-state index in [0.29, 0.717) is 6.04 Å². The van der Waals surface area contributed by atoms with Crippen molar-refractivity contribution in [3.05, 3.63) is 0 Å². The van der Waals surface area contributed by atoms with Gasteiger partial charge >= 0.3 is 0 Å². The standard InChI is InChI=1S/C13H25N3/c1-5-8-15-13(3,9-14)10-16(4)11(2)12-6-7-12/h11-12,15H,5-8,10H2,1-4H3. The summed E-state index contributed by atoms with van der Waals surface area (Å²) in [5, 5.41) is 12.6. The van der Waals surface area contributed by atoms with Crippen LogP contribution in [0.2, 0.25) is 0 Å². The highest BCUT2D eigenvalue weighted by Crippen LogP contribution is 2.34. The van der Waals surface area contributed by atoms with Crippen LogP contribution in [0.5, 0.6) is 0 Å². The summed E-state index contributed by atoms with van der Waals surface area (Å²) in [6.45, 7) is 8.12. The van der Waals surface area contributed by atoms with Crippen LogP contribution in [0.15, 0.2) is 0 Å². The number of rotatable bonds is 7. The van der Waals surface area contributed by atoms with Crippen molar-refractivity contribution in [2.75, 3.05) is 20.1 Å². The molecule has 1 aliphatic carbocycles. The van der Waals surface area contributed by atoms with E-state index in [-0.39, 0.29) is 0 Å². The molecule has 2 unspecified atom stereocenters. The maximum absolute atomic E-state index is 9.26. The molecule has 3 nitrogen and oxygen atoms in total. The second-order valence-electron chi connectivity index (χ2n) is 5.36. The minimum atomic E-state index is -0.409. The molecule has 0 radical (unpaired) electrons. The third kappa shape index (κ3) is 3.77. The molecule has 0 bridgehead atoms. The highest BCUT2D eigenvalue weighted by Gasteiger charge is 2.33. The summed E-state index contributed by atoms with van der Waals surface area (Å²) in [7, 11) is 2.13. The molecule has 0 amide bonds. The maximum atomic E-state index is 9.26. The predicted octanol–water partition coefficient (Wildman–Crippen LogP) is 2.00. The summed E-state index contributed by atoms with van der Waals surface area (Å²) >= 11 is 0. The van der Waals surface area contributed by atoms with Gasteiger partial charge in [0.1, 0.15) is 5.54 Å². The fourth-order valence-corrected chi connectivity index (χ4v) is 2.11. The Balaban J connectivity index is 2.44. The SMILES string of the molecule is CCCNC(C)(C#N)CN(C)C(C)C1CC1. The van der Waals surface area contributed by atoms with Crippen molar-refractivity contribution < 1.29 is 0 Å². The molecular formula is C13H25N3. The summed E-state index contributed by atoms with van der Waals surface area (Å²) in [5.74, 6) is 0.860. The minimum absolute atomic E-state index is 0.409. The van der Waals surface area contributed by atoms with Crippen molar-refractivity contribution >= 4 is 0 Å². The van der Waals surface area contributed by atoms with Crippen LogP contribution in [0.25, 0.3) is 0 Å². The lowest BCUT2D eigenvalue weighted by molar-refractivity contribution is 0.192. The maximum Gasteiger partial charge on any atom is 0.116 e. The Morgan fingerprint density at radius 3 is 2.62 bits per heavy atom. The van der Waals surface area contributed by atoms with Gasteiger partial charge in [0.25, 0.3) is 0 Å². The van der Waals surface area contributed by atoms with E-state index in [1.165, 1.54) is 12.8 Å². The Labute approximate surface area is 99.8 Å². The molecule has 1 fully saturated rings. The van der Waals surface area contributed by atoms with Gasteiger partial charge in [0.15, 0.2) is 0 Å². The first kappa shape index (κ1) is 13.5. The van der Waals surface area contributed by atoms with Crippen LogP contribution < -0.4 is 5.32 Å². The molecule has 16 heavy (non-hydrogen) atoms. The quantitative estimate of drug-likeness (QED) is 0.717. The average molecular weight is 223 g/mol. The first-order chi connectivity index (χ1) is 7.52. The van der Waals surface area contributed by atoms with Crippen molar-refractivity contribution in [3.8, 4) is 6.07 Å². The number of nitrogens with zero attached hydrogens (tertiary/aromatic N) is 2.